The van der Waals surface area contributed by atoms with Crippen LogP contribution in [-0.2, 0) is 19.6 Å². The molecule has 0 radical (unpaired) electrons. The number of nitrogens with zero attached hydrogens (tertiary/aromatic N) is 2. The second-order valence-electron chi connectivity index (χ2n) is 5.37. The van der Waals surface area contributed by atoms with Gasteiger partial charge in [-0.2, -0.15) is 0 Å². The molecule has 19 heavy (non-hydrogen) atoms. The molecule has 1 aromatic carbocycles. The highest BCUT2D eigenvalue weighted by atomic mass is 15.2. The van der Waals surface area contributed by atoms with Gasteiger partial charge in [0.05, 0.1) is 0 Å². The van der Waals surface area contributed by atoms with Crippen LogP contribution in [-0.4, -0.2) is 43.0 Å². The fraction of sp³-hybridized carbons (Fsp3) is 0.625. The molecule has 0 aliphatic carbocycles. The van der Waals surface area contributed by atoms with Gasteiger partial charge in [0.15, 0.2) is 0 Å². The van der Waals surface area contributed by atoms with Crippen molar-refractivity contribution in [3.63, 3.8) is 0 Å². The standard InChI is InChI=1S/C16H27N3/c1-4-18(5-2)8-9-19-12-15-7-6-14(11-17-3)10-16(15)13-19/h6-7,10,17H,4-5,8-9,11-13H2,1-3H3. The number of nitrogens with one attached hydrogen (secondary N) is 1. The third kappa shape index (κ3) is 3.78. The van der Waals surface area contributed by atoms with E-state index in [1.165, 1.54) is 29.8 Å². The summed E-state index contributed by atoms with van der Waals surface area (Å²) >= 11 is 0. The monoisotopic (exact) mass is 261 g/mol. The van der Waals surface area contributed by atoms with Crippen LogP contribution in [0.15, 0.2) is 18.2 Å². The molecule has 0 spiro atoms. The zero-order valence-electron chi connectivity index (χ0n) is 12.6. The lowest BCUT2D eigenvalue weighted by Crippen LogP contribution is -2.32. The largest absolute Gasteiger partial charge is 0.316 e. The highest BCUT2D eigenvalue weighted by Gasteiger charge is 2.19. The predicted molar refractivity (Wildman–Crippen MR) is 81.1 cm³/mol. The van der Waals surface area contributed by atoms with E-state index in [1.54, 1.807) is 0 Å². The molecule has 1 N–H and O–H groups in total. The first-order valence-electron chi connectivity index (χ1n) is 7.46. The quantitative estimate of drug-likeness (QED) is 0.810. The molecule has 3 heteroatoms. The minimum absolute atomic E-state index is 0.965. The fourth-order valence-corrected chi connectivity index (χ4v) is 2.81. The molecule has 1 aliphatic heterocycles. The van der Waals surface area contributed by atoms with E-state index >= 15 is 0 Å². The number of rotatable bonds is 7. The Hall–Kier alpha value is -0.900. The van der Waals surface area contributed by atoms with Crippen molar-refractivity contribution in [3.8, 4) is 0 Å². The molecule has 0 bridgehead atoms. The molecular weight excluding hydrogens is 234 g/mol. The Bertz CT molecular complexity index is 399. The van der Waals surface area contributed by atoms with Crippen LogP contribution >= 0.6 is 0 Å². The molecular formula is C16H27N3. The van der Waals surface area contributed by atoms with Crippen molar-refractivity contribution in [2.45, 2.75) is 33.5 Å². The van der Waals surface area contributed by atoms with E-state index in [2.05, 4.69) is 47.2 Å². The molecule has 0 amide bonds. The highest BCUT2D eigenvalue weighted by Crippen LogP contribution is 2.23. The van der Waals surface area contributed by atoms with Gasteiger partial charge in [0.25, 0.3) is 0 Å². The SMILES string of the molecule is CCN(CC)CCN1Cc2ccc(CNC)cc2C1. The molecule has 3 nitrogen and oxygen atoms in total. The summed E-state index contributed by atoms with van der Waals surface area (Å²) in [5.74, 6) is 0. The van der Waals surface area contributed by atoms with Crippen molar-refractivity contribution in [1.82, 2.24) is 15.1 Å². The first kappa shape index (κ1) is 14.5. The molecule has 0 saturated carbocycles. The van der Waals surface area contributed by atoms with Crippen LogP contribution in [0.2, 0.25) is 0 Å². The Morgan fingerprint density at radius 2 is 1.89 bits per heavy atom. The van der Waals surface area contributed by atoms with Crippen LogP contribution in [0.5, 0.6) is 0 Å². The molecule has 2 rings (SSSR count). The Balaban J connectivity index is 1.89. The number of benzene rings is 1. The van der Waals surface area contributed by atoms with Gasteiger partial charge in [-0.15, -0.1) is 0 Å². The number of fused-ring (bicyclic) bond motifs is 1. The topological polar surface area (TPSA) is 18.5 Å². The summed E-state index contributed by atoms with van der Waals surface area (Å²) in [7, 11) is 2.00. The van der Waals surface area contributed by atoms with Crippen molar-refractivity contribution in [2.75, 3.05) is 33.2 Å². The van der Waals surface area contributed by atoms with Crippen LogP contribution in [0.1, 0.15) is 30.5 Å². The first-order valence-corrected chi connectivity index (χ1v) is 7.46. The summed E-state index contributed by atoms with van der Waals surface area (Å²) in [5, 5.41) is 3.22. The van der Waals surface area contributed by atoms with Crippen molar-refractivity contribution in [3.05, 3.63) is 34.9 Å². The van der Waals surface area contributed by atoms with Gasteiger partial charge < -0.3 is 10.2 Å². The summed E-state index contributed by atoms with van der Waals surface area (Å²) < 4.78 is 0. The van der Waals surface area contributed by atoms with Crippen LogP contribution in [0.4, 0.5) is 0 Å². The van der Waals surface area contributed by atoms with Gasteiger partial charge in [-0.3, -0.25) is 4.90 Å². The first-order chi connectivity index (χ1) is 9.26. The van der Waals surface area contributed by atoms with Crippen molar-refractivity contribution in [2.24, 2.45) is 0 Å². The summed E-state index contributed by atoms with van der Waals surface area (Å²) in [6.07, 6.45) is 0. The smallest absolute Gasteiger partial charge is 0.0241 e. The minimum Gasteiger partial charge on any atom is -0.316 e. The van der Waals surface area contributed by atoms with E-state index in [1.807, 2.05) is 7.05 Å². The number of likely N-dealkylation sites (N-methyl/N-ethyl adjacent to an activating group) is 1. The third-order valence-electron chi connectivity index (χ3n) is 4.07. The van der Waals surface area contributed by atoms with Gasteiger partial charge in [0.1, 0.15) is 0 Å². The summed E-state index contributed by atoms with van der Waals surface area (Å²) in [6, 6.07) is 6.92. The second kappa shape index (κ2) is 7.04. The Labute approximate surface area is 117 Å². The average molecular weight is 261 g/mol. The van der Waals surface area contributed by atoms with Gasteiger partial charge in [-0.1, -0.05) is 32.0 Å². The van der Waals surface area contributed by atoms with E-state index in [9.17, 15) is 0 Å². The Morgan fingerprint density at radius 3 is 2.58 bits per heavy atom. The van der Waals surface area contributed by atoms with E-state index in [4.69, 9.17) is 0 Å². The van der Waals surface area contributed by atoms with Gasteiger partial charge in [-0.25, -0.2) is 0 Å². The maximum atomic E-state index is 3.22. The van der Waals surface area contributed by atoms with E-state index in [-0.39, 0.29) is 0 Å². The number of hydrogen-bond donors (Lipinski definition) is 1. The molecule has 0 aromatic heterocycles. The molecule has 1 aliphatic rings. The second-order valence-corrected chi connectivity index (χ2v) is 5.37. The summed E-state index contributed by atoms with van der Waals surface area (Å²) in [6.45, 7) is 12.4. The van der Waals surface area contributed by atoms with Crippen molar-refractivity contribution in [1.29, 1.82) is 0 Å². The van der Waals surface area contributed by atoms with Gasteiger partial charge >= 0.3 is 0 Å². The molecule has 0 atom stereocenters. The lowest BCUT2D eigenvalue weighted by Gasteiger charge is -2.22. The highest BCUT2D eigenvalue weighted by molar-refractivity contribution is 5.34. The van der Waals surface area contributed by atoms with Crippen LogP contribution in [0, 0.1) is 0 Å². The van der Waals surface area contributed by atoms with Crippen molar-refractivity contribution < 1.29 is 0 Å². The van der Waals surface area contributed by atoms with Crippen LogP contribution in [0.25, 0.3) is 0 Å². The van der Waals surface area contributed by atoms with Crippen LogP contribution < -0.4 is 5.32 Å². The molecule has 1 aromatic rings. The summed E-state index contributed by atoms with van der Waals surface area (Å²) in [5.41, 5.74) is 4.43. The molecule has 1 heterocycles. The van der Waals surface area contributed by atoms with Gasteiger partial charge in [0.2, 0.25) is 0 Å². The molecule has 0 fully saturated rings. The molecule has 106 valence electrons. The zero-order valence-corrected chi connectivity index (χ0v) is 12.6. The predicted octanol–water partition coefficient (Wildman–Crippen LogP) is 2.06. The zero-order chi connectivity index (χ0) is 13.7. The average Bonchev–Trinajstić information content (AvgIpc) is 2.82. The Kier molecular flexibility index (Phi) is 5.37. The number of hydrogen-bond acceptors (Lipinski definition) is 3. The van der Waals surface area contributed by atoms with E-state index in [0.29, 0.717) is 0 Å². The van der Waals surface area contributed by atoms with E-state index in [0.717, 1.165) is 32.7 Å². The Morgan fingerprint density at radius 1 is 1.16 bits per heavy atom. The lowest BCUT2D eigenvalue weighted by atomic mass is 10.1. The maximum Gasteiger partial charge on any atom is 0.0241 e. The molecule has 0 saturated heterocycles. The summed E-state index contributed by atoms with van der Waals surface area (Å²) in [4.78, 5) is 5.06. The fourth-order valence-electron chi connectivity index (χ4n) is 2.81. The van der Waals surface area contributed by atoms with Crippen molar-refractivity contribution >= 4 is 0 Å². The van der Waals surface area contributed by atoms with Gasteiger partial charge in [-0.05, 0) is 36.8 Å². The molecule has 0 unspecified atom stereocenters. The third-order valence-corrected chi connectivity index (χ3v) is 4.07. The maximum absolute atomic E-state index is 3.22. The van der Waals surface area contributed by atoms with Gasteiger partial charge in [0, 0.05) is 32.7 Å². The minimum atomic E-state index is 0.965. The van der Waals surface area contributed by atoms with E-state index < -0.39 is 0 Å². The lowest BCUT2D eigenvalue weighted by molar-refractivity contribution is 0.216. The normalized spacial score (nSPS) is 15.2. The van der Waals surface area contributed by atoms with Crippen LogP contribution in [0.3, 0.4) is 0 Å².